The lowest BCUT2D eigenvalue weighted by Crippen LogP contribution is -2.39. The number of ether oxygens (including phenoxy) is 1. The third kappa shape index (κ3) is 3.96. The summed E-state index contributed by atoms with van der Waals surface area (Å²) in [4.78, 5) is 13.4. The van der Waals surface area contributed by atoms with E-state index in [-0.39, 0.29) is 5.91 Å². The Morgan fingerprint density at radius 1 is 1.37 bits per heavy atom. The van der Waals surface area contributed by atoms with E-state index in [1.54, 1.807) is 26.0 Å². The molecule has 1 amide bonds. The molecule has 1 rings (SSSR count). The summed E-state index contributed by atoms with van der Waals surface area (Å²) in [5.74, 6) is 1.19. The van der Waals surface area contributed by atoms with Gasteiger partial charge in [-0.1, -0.05) is 26.0 Å². The Hall–Kier alpha value is -1.55. The lowest BCUT2D eigenvalue weighted by molar-refractivity contribution is -0.131. The van der Waals surface area contributed by atoms with E-state index in [9.17, 15) is 4.79 Å². The number of hydrogen-bond acceptors (Lipinski definition) is 3. The van der Waals surface area contributed by atoms with Crippen molar-refractivity contribution in [3.63, 3.8) is 0 Å². The number of likely N-dealkylation sites (N-methyl/N-ethyl adjacent to an activating group) is 1. The zero-order valence-corrected chi connectivity index (χ0v) is 12.4. The fourth-order valence-electron chi connectivity index (χ4n) is 1.93. The molecule has 106 valence electrons. The largest absolute Gasteiger partial charge is 0.496 e. The summed E-state index contributed by atoms with van der Waals surface area (Å²) in [6.07, 6.45) is 0. The molecule has 1 atom stereocenters. The molecule has 0 radical (unpaired) electrons. The first-order valence-corrected chi connectivity index (χ1v) is 6.54. The number of nitrogens with two attached hydrogens (primary N) is 1. The number of benzene rings is 1. The summed E-state index contributed by atoms with van der Waals surface area (Å²) >= 11 is 0. The van der Waals surface area contributed by atoms with Gasteiger partial charge in [0.2, 0.25) is 5.91 Å². The molecular weight excluding hydrogens is 240 g/mol. The van der Waals surface area contributed by atoms with Crippen LogP contribution >= 0.6 is 0 Å². The molecule has 4 heteroatoms. The van der Waals surface area contributed by atoms with E-state index in [4.69, 9.17) is 10.5 Å². The Balaban J connectivity index is 2.92. The van der Waals surface area contributed by atoms with Crippen LogP contribution in [0.5, 0.6) is 5.75 Å². The smallest absolute Gasteiger partial charge is 0.239 e. The van der Waals surface area contributed by atoms with Gasteiger partial charge in [0.15, 0.2) is 0 Å². The number of hydrogen-bond donors (Lipinski definition) is 1. The first-order chi connectivity index (χ1) is 8.86. The molecule has 1 unspecified atom stereocenters. The van der Waals surface area contributed by atoms with Crippen LogP contribution in [0.4, 0.5) is 0 Å². The van der Waals surface area contributed by atoms with Crippen LogP contribution in [-0.4, -0.2) is 31.0 Å². The standard InChI is InChI=1S/C15H24N2O2/c1-10(2)12-6-7-13(14(8-12)19-5)9-17(4)15(18)11(3)16/h6-8,10-11H,9,16H2,1-5H3. The van der Waals surface area contributed by atoms with Crippen molar-refractivity contribution in [1.82, 2.24) is 4.90 Å². The van der Waals surface area contributed by atoms with E-state index in [1.165, 1.54) is 5.56 Å². The summed E-state index contributed by atoms with van der Waals surface area (Å²) in [5, 5.41) is 0. The highest BCUT2D eigenvalue weighted by atomic mass is 16.5. The van der Waals surface area contributed by atoms with Crippen LogP contribution < -0.4 is 10.5 Å². The van der Waals surface area contributed by atoms with Crippen LogP contribution in [0.2, 0.25) is 0 Å². The van der Waals surface area contributed by atoms with Crippen molar-refractivity contribution in [3.05, 3.63) is 29.3 Å². The van der Waals surface area contributed by atoms with E-state index < -0.39 is 6.04 Å². The zero-order chi connectivity index (χ0) is 14.6. The SMILES string of the molecule is COc1cc(C(C)C)ccc1CN(C)C(=O)C(C)N. The topological polar surface area (TPSA) is 55.6 Å². The van der Waals surface area contributed by atoms with E-state index in [1.807, 2.05) is 12.1 Å². The monoisotopic (exact) mass is 264 g/mol. The summed E-state index contributed by atoms with van der Waals surface area (Å²) in [6.45, 7) is 6.47. The van der Waals surface area contributed by atoms with Gasteiger partial charge < -0.3 is 15.4 Å². The molecule has 4 nitrogen and oxygen atoms in total. The molecule has 0 saturated carbocycles. The van der Waals surface area contributed by atoms with Crippen molar-refractivity contribution in [3.8, 4) is 5.75 Å². The third-order valence-electron chi connectivity index (χ3n) is 3.15. The molecule has 0 aliphatic carbocycles. The molecule has 0 heterocycles. The van der Waals surface area contributed by atoms with Crippen molar-refractivity contribution in [2.24, 2.45) is 5.73 Å². The Morgan fingerprint density at radius 3 is 2.47 bits per heavy atom. The molecule has 0 bridgehead atoms. The summed E-state index contributed by atoms with van der Waals surface area (Å²) in [6, 6.07) is 5.64. The van der Waals surface area contributed by atoms with Crippen LogP contribution in [0.15, 0.2) is 18.2 Å². The number of methoxy groups -OCH3 is 1. The number of nitrogens with zero attached hydrogens (tertiary/aromatic N) is 1. The number of carbonyl (C=O) groups is 1. The molecule has 0 saturated heterocycles. The van der Waals surface area contributed by atoms with Crippen LogP contribution in [0.3, 0.4) is 0 Å². The summed E-state index contributed by atoms with van der Waals surface area (Å²) in [7, 11) is 3.40. The lowest BCUT2D eigenvalue weighted by atomic mass is 10.0. The molecule has 0 aliphatic rings. The molecule has 0 fully saturated rings. The molecule has 2 N–H and O–H groups in total. The summed E-state index contributed by atoms with van der Waals surface area (Å²) < 4.78 is 5.41. The van der Waals surface area contributed by atoms with Gasteiger partial charge in [0.05, 0.1) is 13.2 Å². The summed E-state index contributed by atoms with van der Waals surface area (Å²) in [5.41, 5.74) is 7.82. The fraction of sp³-hybridized carbons (Fsp3) is 0.533. The zero-order valence-electron chi connectivity index (χ0n) is 12.4. The van der Waals surface area contributed by atoms with E-state index >= 15 is 0 Å². The van der Waals surface area contributed by atoms with Crippen molar-refractivity contribution in [2.75, 3.05) is 14.2 Å². The maximum Gasteiger partial charge on any atom is 0.239 e. The van der Waals surface area contributed by atoms with E-state index in [2.05, 4.69) is 19.9 Å². The van der Waals surface area contributed by atoms with Crippen molar-refractivity contribution >= 4 is 5.91 Å². The normalized spacial score (nSPS) is 12.4. The van der Waals surface area contributed by atoms with Crippen molar-refractivity contribution in [2.45, 2.75) is 39.3 Å². The Bertz CT molecular complexity index is 442. The van der Waals surface area contributed by atoms with Crippen molar-refractivity contribution < 1.29 is 9.53 Å². The van der Waals surface area contributed by atoms with Gasteiger partial charge in [-0.2, -0.15) is 0 Å². The molecule has 0 aliphatic heterocycles. The molecule has 1 aromatic rings. The van der Waals surface area contributed by atoms with Gasteiger partial charge in [-0.25, -0.2) is 0 Å². The molecule has 0 spiro atoms. The third-order valence-corrected chi connectivity index (χ3v) is 3.15. The van der Waals surface area contributed by atoms with Crippen LogP contribution in [0, 0.1) is 0 Å². The van der Waals surface area contributed by atoms with E-state index in [0.29, 0.717) is 12.5 Å². The number of carbonyl (C=O) groups excluding carboxylic acids is 1. The first kappa shape index (κ1) is 15.5. The van der Waals surface area contributed by atoms with Gasteiger partial charge in [-0.05, 0) is 24.5 Å². The first-order valence-electron chi connectivity index (χ1n) is 6.54. The fourth-order valence-corrected chi connectivity index (χ4v) is 1.93. The van der Waals surface area contributed by atoms with E-state index in [0.717, 1.165) is 11.3 Å². The minimum absolute atomic E-state index is 0.0741. The minimum atomic E-state index is -0.481. The average molecular weight is 264 g/mol. The Labute approximate surface area is 115 Å². The minimum Gasteiger partial charge on any atom is -0.496 e. The molecule has 19 heavy (non-hydrogen) atoms. The van der Waals surface area contributed by atoms with Gasteiger partial charge in [-0.15, -0.1) is 0 Å². The predicted octanol–water partition coefficient (Wildman–Crippen LogP) is 2.12. The lowest BCUT2D eigenvalue weighted by Gasteiger charge is -2.21. The van der Waals surface area contributed by atoms with Gasteiger partial charge in [0.1, 0.15) is 5.75 Å². The average Bonchev–Trinajstić information content (AvgIpc) is 2.37. The number of amides is 1. The molecule has 1 aromatic carbocycles. The van der Waals surface area contributed by atoms with Gasteiger partial charge >= 0.3 is 0 Å². The highest BCUT2D eigenvalue weighted by Gasteiger charge is 2.15. The number of rotatable bonds is 5. The Morgan fingerprint density at radius 2 is 2.00 bits per heavy atom. The molecular formula is C15H24N2O2. The van der Waals surface area contributed by atoms with Crippen LogP contribution in [-0.2, 0) is 11.3 Å². The maximum atomic E-state index is 11.8. The maximum absolute atomic E-state index is 11.8. The second-order valence-electron chi connectivity index (χ2n) is 5.21. The predicted molar refractivity (Wildman–Crippen MR) is 77.2 cm³/mol. The van der Waals surface area contributed by atoms with Crippen LogP contribution in [0.25, 0.3) is 0 Å². The second-order valence-corrected chi connectivity index (χ2v) is 5.21. The highest BCUT2D eigenvalue weighted by Crippen LogP contribution is 2.25. The van der Waals surface area contributed by atoms with Gasteiger partial charge in [0.25, 0.3) is 0 Å². The second kappa shape index (κ2) is 6.57. The Kier molecular flexibility index (Phi) is 5.36. The molecule has 0 aromatic heterocycles. The highest BCUT2D eigenvalue weighted by molar-refractivity contribution is 5.80. The van der Waals surface area contributed by atoms with Gasteiger partial charge in [-0.3, -0.25) is 4.79 Å². The quantitative estimate of drug-likeness (QED) is 0.886. The van der Waals surface area contributed by atoms with Gasteiger partial charge in [0, 0.05) is 19.2 Å². The van der Waals surface area contributed by atoms with Crippen LogP contribution in [0.1, 0.15) is 37.8 Å². The van der Waals surface area contributed by atoms with Crippen molar-refractivity contribution in [1.29, 1.82) is 0 Å².